The minimum Gasteiger partial charge on any atom is -0.494 e. The molecule has 170 valence electrons. The molecule has 2 aromatic carbocycles. The van der Waals surface area contributed by atoms with Crippen molar-refractivity contribution in [3.05, 3.63) is 66.0 Å². The predicted molar refractivity (Wildman–Crippen MR) is 110 cm³/mol. The van der Waals surface area contributed by atoms with Gasteiger partial charge in [-0.2, -0.15) is 18.3 Å². The van der Waals surface area contributed by atoms with E-state index in [0.29, 0.717) is 30.3 Å². The van der Waals surface area contributed by atoms with Crippen molar-refractivity contribution in [3.63, 3.8) is 0 Å². The van der Waals surface area contributed by atoms with E-state index in [1.807, 2.05) is 6.92 Å². The molecule has 3 N–H and O–H groups in total. The molecule has 3 rings (SSSR count). The number of halogens is 3. The topological polar surface area (TPSA) is 116 Å². The van der Waals surface area contributed by atoms with Gasteiger partial charge in [0.25, 0.3) is 0 Å². The highest BCUT2D eigenvalue weighted by atomic mass is 32.2. The first kappa shape index (κ1) is 23.3. The average molecular weight is 468 g/mol. The molecule has 0 unspecified atom stereocenters. The van der Waals surface area contributed by atoms with Crippen molar-refractivity contribution in [2.45, 2.75) is 24.4 Å². The van der Waals surface area contributed by atoms with Crippen molar-refractivity contribution >= 4 is 21.6 Å². The number of aromatic nitrogens is 2. The van der Waals surface area contributed by atoms with E-state index in [2.05, 4.69) is 10.4 Å². The van der Waals surface area contributed by atoms with Gasteiger partial charge in [-0.25, -0.2) is 18.2 Å². The minimum atomic E-state index is -4.65. The lowest BCUT2D eigenvalue weighted by atomic mass is 10.1. The Morgan fingerprint density at radius 2 is 1.94 bits per heavy atom. The zero-order valence-corrected chi connectivity index (χ0v) is 17.6. The second kappa shape index (κ2) is 9.01. The fraction of sp³-hybridized carbons (Fsp3) is 0.200. The van der Waals surface area contributed by atoms with Crippen molar-refractivity contribution in [2.24, 2.45) is 5.14 Å². The molecule has 8 nitrogen and oxygen atoms in total. The van der Waals surface area contributed by atoms with Crippen LogP contribution in [0.15, 0.2) is 59.8 Å². The lowest BCUT2D eigenvalue weighted by Gasteiger charge is -2.13. The van der Waals surface area contributed by atoms with Crippen molar-refractivity contribution < 1.29 is 31.1 Å². The molecule has 32 heavy (non-hydrogen) atoms. The SMILES string of the molecule is CCOc1ccccc1CC(=O)Nc1ccc(-n2cc(C(F)(F)F)cn2)c(S(N)(=O)=O)c1. The molecule has 0 fully saturated rings. The van der Waals surface area contributed by atoms with Gasteiger partial charge < -0.3 is 10.1 Å². The Morgan fingerprint density at radius 1 is 1.22 bits per heavy atom. The minimum absolute atomic E-state index is 0.0449. The molecule has 3 aromatic rings. The smallest absolute Gasteiger partial charge is 0.419 e. The maximum absolute atomic E-state index is 12.9. The molecule has 0 spiro atoms. The Morgan fingerprint density at radius 3 is 2.56 bits per heavy atom. The number of rotatable bonds is 7. The van der Waals surface area contributed by atoms with E-state index in [4.69, 9.17) is 9.88 Å². The van der Waals surface area contributed by atoms with Crippen LogP contribution >= 0.6 is 0 Å². The number of sulfonamides is 1. The number of carbonyl (C=O) groups is 1. The molecular formula is C20H19F3N4O4S. The number of nitrogens with one attached hydrogen (secondary N) is 1. The normalized spacial score (nSPS) is 11.9. The van der Waals surface area contributed by atoms with Gasteiger partial charge in [0, 0.05) is 17.4 Å². The molecule has 0 aliphatic rings. The molecule has 12 heteroatoms. The van der Waals surface area contributed by atoms with Gasteiger partial charge >= 0.3 is 6.18 Å². The number of primary sulfonamides is 1. The number of alkyl halides is 3. The molecule has 1 aromatic heterocycles. The van der Waals surface area contributed by atoms with Crippen molar-refractivity contribution in [1.29, 1.82) is 0 Å². The third-order valence-electron chi connectivity index (χ3n) is 4.33. The third kappa shape index (κ3) is 5.45. The fourth-order valence-electron chi connectivity index (χ4n) is 2.93. The standard InChI is InChI=1S/C20H19F3N4O4S/c1-2-31-17-6-4-3-5-13(17)9-19(28)26-15-7-8-16(18(10-15)32(24,29)30)27-12-14(11-25-27)20(21,22)23/h3-8,10-12H,2,9H2,1H3,(H,26,28)(H2,24,29,30). The van der Waals surface area contributed by atoms with Gasteiger partial charge in [-0.05, 0) is 31.2 Å². The monoisotopic (exact) mass is 468 g/mol. The van der Waals surface area contributed by atoms with Crippen LogP contribution in [0.2, 0.25) is 0 Å². The van der Waals surface area contributed by atoms with E-state index in [1.165, 1.54) is 12.1 Å². The summed E-state index contributed by atoms with van der Waals surface area (Å²) in [5.41, 5.74) is -0.517. The van der Waals surface area contributed by atoms with Gasteiger partial charge in [0.05, 0.1) is 30.5 Å². The summed E-state index contributed by atoms with van der Waals surface area (Å²) in [6, 6.07) is 10.6. The summed E-state index contributed by atoms with van der Waals surface area (Å²) >= 11 is 0. The maximum Gasteiger partial charge on any atom is 0.419 e. The first-order valence-corrected chi connectivity index (χ1v) is 10.8. The number of amides is 1. The van der Waals surface area contributed by atoms with Gasteiger partial charge in [0.1, 0.15) is 10.6 Å². The molecule has 0 saturated carbocycles. The van der Waals surface area contributed by atoms with Crippen LogP contribution in [-0.4, -0.2) is 30.7 Å². The lowest BCUT2D eigenvalue weighted by Crippen LogP contribution is -2.18. The van der Waals surface area contributed by atoms with Crippen molar-refractivity contribution in [3.8, 4) is 11.4 Å². The molecule has 0 atom stereocenters. The predicted octanol–water partition coefficient (Wildman–Crippen LogP) is 3.12. The molecular weight excluding hydrogens is 449 g/mol. The van der Waals surface area contributed by atoms with E-state index in [1.54, 1.807) is 24.3 Å². The number of para-hydroxylation sites is 1. The average Bonchev–Trinajstić information content (AvgIpc) is 3.19. The Bertz CT molecular complexity index is 1240. The van der Waals surface area contributed by atoms with Crippen LogP contribution in [0.5, 0.6) is 5.75 Å². The highest BCUT2D eigenvalue weighted by molar-refractivity contribution is 7.89. The Hall–Kier alpha value is -3.38. The number of benzene rings is 2. The number of carbonyl (C=O) groups excluding carboxylic acids is 1. The number of nitrogens with zero attached hydrogens (tertiary/aromatic N) is 2. The summed E-state index contributed by atoms with van der Waals surface area (Å²) in [5.74, 6) is 0.0913. The van der Waals surface area contributed by atoms with E-state index >= 15 is 0 Å². The van der Waals surface area contributed by atoms with Gasteiger partial charge in [-0.1, -0.05) is 18.2 Å². The number of hydrogen-bond donors (Lipinski definition) is 2. The van der Waals surface area contributed by atoms with Crippen LogP contribution in [0.25, 0.3) is 5.69 Å². The summed E-state index contributed by atoms with van der Waals surface area (Å²) < 4.78 is 68.9. The summed E-state index contributed by atoms with van der Waals surface area (Å²) in [4.78, 5) is 12.0. The quantitative estimate of drug-likeness (QED) is 0.553. The number of nitrogens with two attached hydrogens (primary N) is 1. The molecule has 0 radical (unpaired) electrons. The van der Waals surface area contributed by atoms with Crippen LogP contribution in [-0.2, 0) is 27.4 Å². The van der Waals surface area contributed by atoms with Crippen LogP contribution in [0.4, 0.5) is 18.9 Å². The highest BCUT2D eigenvalue weighted by Crippen LogP contribution is 2.30. The Balaban J connectivity index is 1.88. The van der Waals surface area contributed by atoms with Gasteiger partial charge in [-0.3, -0.25) is 4.79 Å². The largest absolute Gasteiger partial charge is 0.494 e. The molecule has 1 heterocycles. The summed E-state index contributed by atoms with van der Waals surface area (Å²) in [6.45, 7) is 2.23. The number of ether oxygens (including phenoxy) is 1. The van der Waals surface area contributed by atoms with Crippen LogP contribution in [0.3, 0.4) is 0 Å². The van der Waals surface area contributed by atoms with Gasteiger partial charge in [0.15, 0.2) is 0 Å². The third-order valence-corrected chi connectivity index (χ3v) is 5.27. The first-order chi connectivity index (χ1) is 15.0. The maximum atomic E-state index is 12.9. The molecule has 1 amide bonds. The molecule has 0 aliphatic carbocycles. The Labute approximate surface area is 181 Å². The summed E-state index contributed by atoms with van der Waals surface area (Å²) in [7, 11) is -4.35. The first-order valence-electron chi connectivity index (χ1n) is 9.28. The zero-order valence-electron chi connectivity index (χ0n) is 16.8. The fourth-order valence-corrected chi connectivity index (χ4v) is 3.68. The molecule has 0 saturated heterocycles. The molecule has 0 aliphatic heterocycles. The van der Waals surface area contributed by atoms with E-state index in [0.717, 1.165) is 10.7 Å². The second-order valence-corrected chi connectivity index (χ2v) is 8.19. The molecule has 0 bridgehead atoms. The summed E-state index contributed by atoms with van der Waals surface area (Å²) in [5, 5.41) is 11.4. The zero-order chi connectivity index (χ0) is 23.5. The van der Waals surface area contributed by atoms with Crippen LogP contribution in [0, 0.1) is 0 Å². The Kier molecular flexibility index (Phi) is 6.55. The van der Waals surface area contributed by atoms with E-state index in [9.17, 15) is 26.4 Å². The number of anilines is 1. The van der Waals surface area contributed by atoms with Crippen LogP contribution in [0.1, 0.15) is 18.1 Å². The van der Waals surface area contributed by atoms with Crippen LogP contribution < -0.4 is 15.2 Å². The van der Waals surface area contributed by atoms with E-state index < -0.39 is 32.6 Å². The highest BCUT2D eigenvalue weighted by Gasteiger charge is 2.32. The van der Waals surface area contributed by atoms with E-state index in [-0.39, 0.29) is 17.8 Å². The van der Waals surface area contributed by atoms with Crippen molar-refractivity contribution in [2.75, 3.05) is 11.9 Å². The lowest BCUT2D eigenvalue weighted by molar-refractivity contribution is -0.137. The van der Waals surface area contributed by atoms with Gasteiger partial charge in [0.2, 0.25) is 15.9 Å². The van der Waals surface area contributed by atoms with Gasteiger partial charge in [-0.15, -0.1) is 0 Å². The number of hydrogen-bond acceptors (Lipinski definition) is 5. The summed E-state index contributed by atoms with van der Waals surface area (Å²) in [6.07, 6.45) is -3.48. The second-order valence-electron chi connectivity index (χ2n) is 6.66. The van der Waals surface area contributed by atoms with Crippen molar-refractivity contribution in [1.82, 2.24) is 9.78 Å².